The quantitative estimate of drug-likeness (QED) is 0.307. The zero-order valence-corrected chi connectivity index (χ0v) is 15.7. The Kier molecular flexibility index (Phi) is 11.1. The van der Waals surface area contributed by atoms with Gasteiger partial charge in [0.2, 0.25) is 11.8 Å². The molecule has 0 saturated carbocycles. The molecule has 23 heavy (non-hydrogen) atoms. The fourth-order valence-corrected chi connectivity index (χ4v) is 4.08. The maximum Gasteiger partial charge on any atom is 0.329 e. The molecule has 8 heteroatoms. The highest BCUT2D eigenvalue weighted by Gasteiger charge is 2.37. The predicted octanol–water partition coefficient (Wildman–Crippen LogP) is 3.09. The first kappa shape index (κ1) is 20.8. The van der Waals surface area contributed by atoms with Crippen LogP contribution in [-0.2, 0) is 18.6 Å². The van der Waals surface area contributed by atoms with Crippen LogP contribution in [0.25, 0.3) is 0 Å². The van der Waals surface area contributed by atoms with Gasteiger partial charge in [-0.3, -0.25) is 14.5 Å². The van der Waals surface area contributed by atoms with Crippen LogP contribution in [0.4, 0.5) is 0 Å². The van der Waals surface area contributed by atoms with E-state index in [1.807, 2.05) is 13.8 Å². The Bertz CT molecular complexity index is 372. The second-order valence-electron chi connectivity index (χ2n) is 5.35. The van der Waals surface area contributed by atoms with Crippen molar-refractivity contribution in [3.63, 3.8) is 0 Å². The van der Waals surface area contributed by atoms with Gasteiger partial charge in [-0.15, -0.1) is 11.8 Å². The van der Waals surface area contributed by atoms with E-state index in [-0.39, 0.29) is 17.1 Å². The summed E-state index contributed by atoms with van der Waals surface area (Å²) in [6.07, 6.45) is 5.17. The maximum atomic E-state index is 12.1. The van der Waals surface area contributed by atoms with E-state index in [9.17, 15) is 14.5 Å². The number of carbonyl (C=O) groups excluding carboxylic acids is 2. The highest BCUT2D eigenvalue weighted by molar-refractivity contribution is 8.00. The fraction of sp³-hybridized carbons (Fsp3) is 0.867. The van der Waals surface area contributed by atoms with E-state index in [0.29, 0.717) is 26.2 Å². The van der Waals surface area contributed by atoms with Gasteiger partial charge in [-0.2, -0.15) is 0 Å². The van der Waals surface area contributed by atoms with Crippen molar-refractivity contribution in [3.8, 4) is 0 Å². The molecule has 0 aliphatic carbocycles. The van der Waals surface area contributed by atoms with Gasteiger partial charge in [0.15, 0.2) is 0 Å². The van der Waals surface area contributed by atoms with E-state index in [4.69, 9.17) is 9.05 Å². The third-order valence-corrected chi connectivity index (χ3v) is 5.63. The molecule has 1 N–H and O–H groups in total. The highest BCUT2D eigenvalue weighted by atomic mass is 32.2. The molecule has 1 aliphatic heterocycles. The second kappa shape index (κ2) is 12.2. The molecule has 0 aromatic heterocycles. The summed E-state index contributed by atoms with van der Waals surface area (Å²) in [5.74, 6) is 0.861. The summed E-state index contributed by atoms with van der Waals surface area (Å²) in [5.41, 5.74) is 0. The topological polar surface area (TPSA) is 76.1 Å². The molecule has 6 nitrogen and oxygen atoms in total. The number of nitrogens with zero attached hydrogens (tertiary/aromatic N) is 1. The maximum absolute atomic E-state index is 12.1. The van der Waals surface area contributed by atoms with Crippen LogP contribution in [0.1, 0.15) is 52.4 Å². The molecule has 2 atom stereocenters. The lowest BCUT2D eigenvalue weighted by Crippen LogP contribution is -2.31. The largest absolute Gasteiger partial charge is 0.329 e. The van der Waals surface area contributed by atoms with Crippen LogP contribution in [0.15, 0.2) is 0 Å². The Morgan fingerprint density at radius 3 is 2.65 bits per heavy atom. The van der Waals surface area contributed by atoms with Crippen molar-refractivity contribution in [3.05, 3.63) is 0 Å². The molecule has 1 saturated heterocycles. The van der Waals surface area contributed by atoms with E-state index in [1.54, 1.807) is 11.8 Å². The van der Waals surface area contributed by atoms with Gasteiger partial charge in [0.25, 0.3) is 0 Å². The molecule has 134 valence electrons. The SMILES string of the molecule is CCCN1C(=O)CC(SCCCCCCOP(O)OCC)C1=O. The Balaban J connectivity index is 2.01. The van der Waals surface area contributed by atoms with E-state index < -0.39 is 8.60 Å². The molecular formula is C15H28NO5PS. The minimum absolute atomic E-state index is 0.0116. The number of unbranched alkanes of at least 4 members (excludes halogenated alkanes) is 3. The van der Waals surface area contributed by atoms with Crippen molar-refractivity contribution in [2.75, 3.05) is 25.5 Å². The summed E-state index contributed by atoms with van der Waals surface area (Å²) in [6, 6.07) is 0. The number of carbonyl (C=O) groups is 2. The number of likely N-dealkylation sites (tertiary alicyclic amines) is 1. The van der Waals surface area contributed by atoms with Gasteiger partial charge in [0.05, 0.1) is 18.5 Å². The lowest BCUT2D eigenvalue weighted by atomic mass is 10.2. The van der Waals surface area contributed by atoms with Crippen molar-refractivity contribution in [2.45, 2.75) is 57.6 Å². The monoisotopic (exact) mass is 365 g/mol. The first-order valence-electron chi connectivity index (χ1n) is 8.30. The average molecular weight is 365 g/mol. The van der Waals surface area contributed by atoms with Gasteiger partial charge in [0.1, 0.15) is 0 Å². The Labute approximate surface area is 144 Å². The van der Waals surface area contributed by atoms with E-state index >= 15 is 0 Å². The van der Waals surface area contributed by atoms with Crippen LogP contribution in [0, 0.1) is 0 Å². The molecule has 1 fully saturated rings. The van der Waals surface area contributed by atoms with Crippen LogP contribution in [0.3, 0.4) is 0 Å². The van der Waals surface area contributed by atoms with Gasteiger partial charge in [0, 0.05) is 13.0 Å². The Morgan fingerprint density at radius 2 is 1.96 bits per heavy atom. The van der Waals surface area contributed by atoms with Crippen LogP contribution >= 0.6 is 20.4 Å². The van der Waals surface area contributed by atoms with Crippen LogP contribution in [0.5, 0.6) is 0 Å². The molecule has 0 aromatic carbocycles. The highest BCUT2D eigenvalue weighted by Crippen LogP contribution is 2.32. The number of rotatable bonds is 13. The summed E-state index contributed by atoms with van der Waals surface area (Å²) >= 11 is 1.60. The number of hydrogen-bond donors (Lipinski definition) is 1. The number of imide groups is 1. The van der Waals surface area contributed by atoms with Crippen molar-refractivity contribution >= 4 is 32.2 Å². The third kappa shape index (κ3) is 7.94. The van der Waals surface area contributed by atoms with Crippen LogP contribution < -0.4 is 0 Å². The predicted molar refractivity (Wildman–Crippen MR) is 93.1 cm³/mol. The first-order valence-corrected chi connectivity index (χ1v) is 10.5. The van der Waals surface area contributed by atoms with Crippen molar-refractivity contribution in [1.82, 2.24) is 4.90 Å². The van der Waals surface area contributed by atoms with Gasteiger partial charge < -0.3 is 13.9 Å². The molecule has 1 rings (SSSR count). The Morgan fingerprint density at radius 1 is 1.22 bits per heavy atom. The zero-order chi connectivity index (χ0) is 17.1. The fourth-order valence-electron chi connectivity index (χ4n) is 2.32. The lowest BCUT2D eigenvalue weighted by molar-refractivity contribution is -0.138. The van der Waals surface area contributed by atoms with Gasteiger partial charge in [-0.25, -0.2) is 0 Å². The summed E-state index contributed by atoms with van der Waals surface area (Å²) in [4.78, 5) is 34.5. The number of amides is 2. The molecule has 2 amide bonds. The molecule has 1 aliphatic rings. The minimum atomic E-state index is -1.71. The molecule has 0 aromatic rings. The van der Waals surface area contributed by atoms with Gasteiger partial charge in [-0.1, -0.05) is 19.8 Å². The standard InChI is InChI=1S/C15H28NO5PS/c1-3-9-16-14(17)12-13(15(16)18)23-11-8-6-5-7-10-21-22(19)20-4-2/h13,19H,3-12H2,1-2H3. The zero-order valence-electron chi connectivity index (χ0n) is 14.0. The second-order valence-corrected chi connectivity index (χ2v) is 7.65. The number of hydrogen-bond acceptors (Lipinski definition) is 6. The molecule has 0 radical (unpaired) electrons. The van der Waals surface area contributed by atoms with Crippen molar-refractivity contribution in [2.24, 2.45) is 0 Å². The molecule has 0 bridgehead atoms. The Hall–Kier alpha value is -0.200. The summed E-state index contributed by atoms with van der Waals surface area (Å²) in [6.45, 7) is 5.30. The molecular weight excluding hydrogens is 337 g/mol. The smallest absolute Gasteiger partial charge is 0.328 e. The summed E-state index contributed by atoms with van der Waals surface area (Å²) in [7, 11) is -1.71. The van der Waals surface area contributed by atoms with Crippen molar-refractivity contribution < 1.29 is 23.5 Å². The molecule has 2 unspecified atom stereocenters. The van der Waals surface area contributed by atoms with Crippen LogP contribution in [0.2, 0.25) is 0 Å². The van der Waals surface area contributed by atoms with Crippen molar-refractivity contribution in [1.29, 1.82) is 0 Å². The first-order chi connectivity index (χ1) is 11.1. The van der Waals surface area contributed by atoms with E-state index in [2.05, 4.69) is 0 Å². The van der Waals surface area contributed by atoms with E-state index in [0.717, 1.165) is 37.9 Å². The van der Waals surface area contributed by atoms with E-state index in [1.165, 1.54) is 4.90 Å². The normalized spacial score (nSPS) is 19.6. The van der Waals surface area contributed by atoms with Crippen LogP contribution in [-0.4, -0.2) is 52.4 Å². The van der Waals surface area contributed by atoms with Gasteiger partial charge in [-0.05, 0) is 31.9 Å². The molecule has 0 spiro atoms. The summed E-state index contributed by atoms with van der Waals surface area (Å²) < 4.78 is 10.1. The third-order valence-electron chi connectivity index (χ3n) is 3.45. The number of thioether (sulfide) groups is 1. The average Bonchev–Trinajstić information content (AvgIpc) is 2.78. The lowest BCUT2D eigenvalue weighted by Gasteiger charge is -2.13. The minimum Gasteiger partial charge on any atom is -0.328 e. The molecule has 1 heterocycles. The van der Waals surface area contributed by atoms with Gasteiger partial charge >= 0.3 is 8.60 Å². The summed E-state index contributed by atoms with van der Waals surface area (Å²) in [5, 5.41) is -0.179.